The molecule has 0 unspecified atom stereocenters. The fourth-order valence-electron chi connectivity index (χ4n) is 5.01. The van der Waals surface area contributed by atoms with E-state index in [2.05, 4.69) is 9.80 Å². The first-order valence-electron chi connectivity index (χ1n) is 11.6. The van der Waals surface area contributed by atoms with Crippen LogP contribution in [-0.4, -0.2) is 73.0 Å². The smallest absolute Gasteiger partial charge is 0.338 e. The maximum Gasteiger partial charge on any atom is 0.416 e. The molecule has 0 saturated carbocycles. The highest BCUT2D eigenvalue weighted by Gasteiger charge is 2.40. The highest BCUT2D eigenvalue weighted by Crippen LogP contribution is 2.38. The normalized spacial score (nSPS) is 22.6. The summed E-state index contributed by atoms with van der Waals surface area (Å²) in [5.41, 5.74) is -2.95. The van der Waals surface area contributed by atoms with E-state index in [-0.39, 0.29) is 31.1 Å². The van der Waals surface area contributed by atoms with Gasteiger partial charge in [0.05, 0.1) is 11.1 Å². The summed E-state index contributed by atoms with van der Waals surface area (Å²) >= 11 is 0. The summed E-state index contributed by atoms with van der Waals surface area (Å²) in [5.74, 6) is -1.60. The van der Waals surface area contributed by atoms with Crippen LogP contribution in [0.4, 0.5) is 30.7 Å². The Morgan fingerprint density at radius 1 is 0.833 bits per heavy atom. The number of amides is 1. The molecule has 0 bridgehead atoms. The minimum Gasteiger partial charge on any atom is -0.338 e. The Morgan fingerprint density at radius 2 is 1.39 bits per heavy atom. The van der Waals surface area contributed by atoms with Crippen LogP contribution in [-0.2, 0) is 12.4 Å². The SMILES string of the molecule is CN1CCN([C@H]2CCN(C(=O)c3cc(C(F)(F)F)cc(C(F)(F)F)c3)C[C@H]2c2ccc(F)cc2)CC1. The lowest BCUT2D eigenvalue weighted by Crippen LogP contribution is -2.56. The molecule has 2 aliphatic heterocycles. The van der Waals surface area contributed by atoms with Crippen molar-refractivity contribution < 1.29 is 35.5 Å². The summed E-state index contributed by atoms with van der Waals surface area (Å²) in [4.78, 5) is 19.0. The summed E-state index contributed by atoms with van der Waals surface area (Å²) < 4.78 is 93.4. The zero-order valence-electron chi connectivity index (χ0n) is 19.5. The van der Waals surface area contributed by atoms with Crippen molar-refractivity contribution in [2.75, 3.05) is 46.3 Å². The van der Waals surface area contributed by atoms with Crippen molar-refractivity contribution in [2.24, 2.45) is 0 Å². The number of likely N-dealkylation sites (N-methyl/N-ethyl adjacent to an activating group) is 1. The van der Waals surface area contributed by atoms with Gasteiger partial charge in [0, 0.05) is 56.8 Å². The van der Waals surface area contributed by atoms with Gasteiger partial charge in [-0.2, -0.15) is 26.3 Å². The van der Waals surface area contributed by atoms with E-state index in [9.17, 15) is 35.5 Å². The van der Waals surface area contributed by atoms with Gasteiger partial charge >= 0.3 is 12.4 Å². The number of hydrogen-bond donors (Lipinski definition) is 0. The first-order chi connectivity index (χ1) is 16.8. The molecule has 36 heavy (non-hydrogen) atoms. The topological polar surface area (TPSA) is 26.8 Å². The van der Waals surface area contributed by atoms with Crippen LogP contribution < -0.4 is 0 Å². The first kappa shape index (κ1) is 26.4. The average molecular weight is 517 g/mol. The van der Waals surface area contributed by atoms with Gasteiger partial charge in [-0.3, -0.25) is 9.69 Å². The van der Waals surface area contributed by atoms with Gasteiger partial charge in [0.2, 0.25) is 0 Å². The Morgan fingerprint density at radius 3 is 1.92 bits per heavy atom. The zero-order valence-corrected chi connectivity index (χ0v) is 19.5. The molecule has 0 aliphatic carbocycles. The van der Waals surface area contributed by atoms with Crippen molar-refractivity contribution in [3.05, 3.63) is 70.5 Å². The van der Waals surface area contributed by atoms with Crippen LogP contribution in [0.5, 0.6) is 0 Å². The zero-order chi connectivity index (χ0) is 26.3. The molecule has 2 aromatic carbocycles. The molecule has 4 rings (SSSR count). The van der Waals surface area contributed by atoms with Gasteiger partial charge in [-0.15, -0.1) is 0 Å². The molecule has 2 fully saturated rings. The number of likely N-dealkylation sites (tertiary alicyclic amines) is 1. The molecule has 2 saturated heterocycles. The van der Waals surface area contributed by atoms with E-state index < -0.39 is 40.8 Å². The lowest BCUT2D eigenvalue weighted by atomic mass is 9.84. The number of halogens is 7. The molecule has 2 heterocycles. The number of hydrogen-bond acceptors (Lipinski definition) is 3. The molecule has 1 amide bonds. The number of carbonyl (C=O) groups is 1. The maximum atomic E-state index is 13.6. The van der Waals surface area contributed by atoms with Gasteiger partial charge in [-0.1, -0.05) is 12.1 Å². The molecular formula is C25H26F7N3O. The van der Waals surface area contributed by atoms with Crippen LogP contribution in [0.2, 0.25) is 0 Å². The first-order valence-corrected chi connectivity index (χ1v) is 11.6. The molecule has 11 heteroatoms. The minimum atomic E-state index is -5.04. The quantitative estimate of drug-likeness (QED) is 0.530. The number of piperazine rings is 1. The fourth-order valence-corrected chi connectivity index (χ4v) is 5.01. The molecular weight excluding hydrogens is 491 g/mol. The van der Waals surface area contributed by atoms with E-state index in [0.717, 1.165) is 31.7 Å². The molecule has 0 N–H and O–H groups in total. The second kappa shape index (κ2) is 10.0. The number of piperidine rings is 1. The highest BCUT2D eigenvalue weighted by atomic mass is 19.4. The molecule has 4 nitrogen and oxygen atoms in total. The van der Waals surface area contributed by atoms with E-state index >= 15 is 0 Å². The van der Waals surface area contributed by atoms with Crippen molar-refractivity contribution in [1.82, 2.24) is 14.7 Å². The predicted molar refractivity (Wildman–Crippen MR) is 119 cm³/mol. The van der Waals surface area contributed by atoms with Crippen LogP contribution >= 0.6 is 0 Å². The number of benzene rings is 2. The van der Waals surface area contributed by atoms with Crippen LogP contribution in [0.1, 0.15) is 39.4 Å². The van der Waals surface area contributed by atoms with Gasteiger partial charge in [0.25, 0.3) is 5.91 Å². The van der Waals surface area contributed by atoms with Crippen molar-refractivity contribution in [3.8, 4) is 0 Å². The Hall–Kier alpha value is -2.66. The summed E-state index contributed by atoms with van der Waals surface area (Å²) in [6.07, 6.45) is -9.59. The Bertz CT molecular complexity index is 1040. The van der Waals surface area contributed by atoms with E-state index in [0.29, 0.717) is 18.6 Å². The lowest BCUT2D eigenvalue weighted by Gasteiger charge is -2.46. The van der Waals surface area contributed by atoms with Crippen LogP contribution in [0.25, 0.3) is 0 Å². The number of carbonyl (C=O) groups excluding carboxylic acids is 1. The second-order valence-corrected chi connectivity index (χ2v) is 9.40. The average Bonchev–Trinajstić information content (AvgIpc) is 2.83. The molecule has 0 spiro atoms. The van der Waals surface area contributed by atoms with Crippen molar-refractivity contribution in [3.63, 3.8) is 0 Å². The summed E-state index contributed by atoms with van der Waals surface area (Å²) in [7, 11) is 2.01. The molecule has 196 valence electrons. The second-order valence-electron chi connectivity index (χ2n) is 9.40. The van der Waals surface area contributed by atoms with Gasteiger partial charge in [-0.05, 0) is 49.4 Å². The monoisotopic (exact) mass is 517 g/mol. The highest BCUT2D eigenvalue weighted by molar-refractivity contribution is 5.95. The third kappa shape index (κ3) is 5.83. The summed E-state index contributed by atoms with van der Waals surface area (Å²) in [6.45, 7) is 3.55. The number of alkyl halides is 6. The van der Waals surface area contributed by atoms with E-state index in [1.165, 1.54) is 17.0 Å². The van der Waals surface area contributed by atoms with E-state index in [1.54, 1.807) is 12.1 Å². The molecule has 2 aliphatic rings. The maximum absolute atomic E-state index is 13.6. The fraction of sp³-hybridized carbons (Fsp3) is 0.480. The van der Waals surface area contributed by atoms with Gasteiger partial charge in [0.1, 0.15) is 5.82 Å². The number of rotatable bonds is 3. The molecule has 0 aromatic heterocycles. The molecule has 0 radical (unpaired) electrons. The Balaban J connectivity index is 1.64. The predicted octanol–water partition coefficient (Wildman–Crippen LogP) is 5.11. The molecule has 2 atom stereocenters. The number of nitrogens with zero attached hydrogens (tertiary/aromatic N) is 3. The summed E-state index contributed by atoms with van der Waals surface area (Å²) in [5, 5.41) is 0. The van der Waals surface area contributed by atoms with Crippen molar-refractivity contribution >= 4 is 5.91 Å². The minimum absolute atomic E-state index is 0.000423. The third-order valence-corrected chi connectivity index (χ3v) is 7.00. The van der Waals surface area contributed by atoms with E-state index in [4.69, 9.17) is 0 Å². The molecule has 2 aromatic rings. The standard InChI is InChI=1S/C25H26F7N3O/c1-33-8-10-34(11-9-33)22-6-7-35(15-21(22)16-2-4-20(26)5-3-16)23(36)17-12-18(24(27,28)29)14-19(13-17)25(30,31)32/h2-5,12-14,21-22H,6-11,15H2,1H3/t21-,22-/m0/s1. The van der Waals surface area contributed by atoms with E-state index in [1.807, 2.05) is 7.05 Å². The van der Waals surface area contributed by atoms with Gasteiger partial charge in [-0.25, -0.2) is 4.39 Å². The van der Waals surface area contributed by atoms with Crippen molar-refractivity contribution in [2.45, 2.75) is 30.7 Å². The largest absolute Gasteiger partial charge is 0.416 e. The van der Waals surface area contributed by atoms with Gasteiger partial charge in [0.15, 0.2) is 0 Å². The van der Waals surface area contributed by atoms with Crippen LogP contribution in [0, 0.1) is 5.82 Å². The van der Waals surface area contributed by atoms with Gasteiger partial charge < -0.3 is 9.80 Å². The Kier molecular flexibility index (Phi) is 7.34. The summed E-state index contributed by atoms with van der Waals surface area (Å²) in [6, 6.07) is 6.79. The van der Waals surface area contributed by atoms with Crippen LogP contribution in [0.15, 0.2) is 42.5 Å². The Labute approximate surface area is 204 Å². The van der Waals surface area contributed by atoms with Crippen molar-refractivity contribution in [1.29, 1.82) is 0 Å². The third-order valence-electron chi connectivity index (χ3n) is 7.00. The van der Waals surface area contributed by atoms with Crippen LogP contribution in [0.3, 0.4) is 0 Å². The lowest BCUT2D eigenvalue weighted by molar-refractivity contribution is -0.143.